The molecule has 1 fully saturated rings. The molecule has 2 rings (SSSR count). The van der Waals surface area contributed by atoms with Crippen molar-refractivity contribution in [2.75, 3.05) is 20.2 Å². The number of hydrogen-bond acceptors (Lipinski definition) is 2. The molecule has 4 heteroatoms. The SMILES string of the molecule is COc1c(Br)cc(C)cc1C(=O)N1CCC(C)CC1. The number of methoxy groups -OCH3 is 1. The van der Waals surface area contributed by atoms with Crippen molar-refractivity contribution in [3.8, 4) is 5.75 Å². The Kier molecular flexibility index (Phi) is 4.50. The zero-order valence-electron chi connectivity index (χ0n) is 11.7. The number of hydrogen-bond donors (Lipinski definition) is 0. The molecule has 0 saturated carbocycles. The van der Waals surface area contributed by atoms with E-state index in [4.69, 9.17) is 4.74 Å². The maximum absolute atomic E-state index is 12.6. The summed E-state index contributed by atoms with van der Waals surface area (Å²) in [6, 6.07) is 3.87. The maximum Gasteiger partial charge on any atom is 0.257 e. The van der Waals surface area contributed by atoms with Crippen molar-refractivity contribution in [1.29, 1.82) is 0 Å². The molecule has 1 amide bonds. The highest BCUT2D eigenvalue weighted by Crippen LogP contribution is 2.32. The third-order valence-corrected chi connectivity index (χ3v) is 4.28. The second-order valence-corrected chi connectivity index (χ2v) is 6.16. The largest absolute Gasteiger partial charge is 0.495 e. The molecule has 0 radical (unpaired) electrons. The van der Waals surface area contributed by atoms with Crippen LogP contribution < -0.4 is 4.74 Å². The number of amides is 1. The van der Waals surface area contributed by atoms with E-state index in [-0.39, 0.29) is 5.91 Å². The lowest BCUT2D eigenvalue weighted by Gasteiger charge is -2.30. The first-order valence-electron chi connectivity index (χ1n) is 6.66. The number of aryl methyl sites for hydroxylation is 1. The molecule has 1 aliphatic heterocycles. The van der Waals surface area contributed by atoms with Gasteiger partial charge in [0.15, 0.2) is 0 Å². The quantitative estimate of drug-likeness (QED) is 0.830. The normalized spacial score (nSPS) is 16.5. The first-order valence-corrected chi connectivity index (χ1v) is 7.45. The summed E-state index contributed by atoms with van der Waals surface area (Å²) in [7, 11) is 1.60. The van der Waals surface area contributed by atoms with Gasteiger partial charge >= 0.3 is 0 Å². The molecular formula is C15H20BrNO2. The number of benzene rings is 1. The first kappa shape index (κ1) is 14.4. The molecule has 0 N–H and O–H groups in total. The molecule has 19 heavy (non-hydrogen) atoms. The maximum atomic E-state index is 12.6. The van der Waals surface area contributed by atoms with Crippen molar-refractivity contribution in [3.63, 3.8) is 0 Å². The van der Waals surface area contributed by atoms with Gasteiger partial charge in [0.2, 0.25) is 0 Å². The van der Waals surface area contributed by atoms with E-state index in [9.17, 15) is 4.79 Å². The molecule has 1 aromatic rings. The van der Waals surface area contributed by atoms with Crippen LogP contribution >= 0.6 is 15.9 Å². The van der Waals surface area contributed by atoms with E-state index in [1.165, 1.54) is 0 Å². The number of carbonyl (C=O) groups is 1. The minimum atomic E-state index is 0.0770. The Morgan fingerprint density at radius 2 is 2.00 bits per heavy atom. The van der Waals surface area contributed by atoms with Crippen molar-refractivity contribution >= 4 is 21.8 Å². The van der Waals surface area contributed by atoms with Gasteiger partial charge in [-0.25, -0.2) is 0 Å². The lowest BCUT2D eigenvalue weighted by atomic mass is 9.98. The van der Waals surface area contributed by atoms with Gasteiger partial charge in [0.25, 0.3) is 5.91 Å². The minimum Gasteiger partial charge on any atom is -0.495 e. The van der Waals surface area contributed by atoms with Crippen molar-refractivity contribution in [1.82, 2.24) is 4.90 Å². The monoisotopic (exact) mass is 325 g/mol. The number of nitrogens with zero attached hydrogens (tertiary/aromatic N) is 1. The molecule has 1 aromatic carbocycles. The van der Waals surface area contributed by atoms with Gasteiger partial charge in [-0.3, -0.25) is 4.79 Å². The molecule has 0 atom stereocenters. The van der Waals surface area contributed by atoms with E-state index in [0.29, 0.717) is 11.3 Å². The van der Waals surface area contributed by atoms with E-state index < -0.39 is 0 Å². The van der Waals surface area contributed by atoms with Gasteiger partial charge < -0.3 is 9.64 Å². The Hall–Kier alpha value is -1.03. The van der Waals surface area contributed by atoms with Crippen LogP contribution in [0.4, 0.5) is 0 Å². The number of halogens is 1. The topological polar surface area (TPSA) is 29.5 Å². The fourth-order valence-corrected chi connectivity index (χ4v) is 3.21. The van der Waals surface area contributed by atoms with E-state index in [1.54, 1.807) is 7.11 Å². The Morgan fingerprint density at radius 1 is 1.37 bits per heavy atom. The predicted molar refractivity (Wildman–Crippen MR) is 79.7 cm³/mol. The Labute approximate surface area is 123 Å². The van der Waals surface area contributed by atoms with Gasteiger partial charge in [-0.1, -0.05) is 6.92 Å². The van der Waals surface area contributed by atoms with E-state index in [0.717, 1.165) is 41.9 Å². The molecule has 104 valence electrons. The number of piperidine rings is 1. The average Bonchev–Trinajstić information content (AvgIpc) is 2.38. The minimum absolute atomic E-state index is 0.0770. The van der Waals surface area contributed by atoms with Crippen molar-refractivity contribution < 1.29 is 9.53 Å². The number of ether oxygens (including phenoxy) is 1. The van der Waals surface area contributed by atoms with E-state index >= 15 is 0 Å². The van der Waals surface area contributed by atoms with Gasteiger partial charge in [-0.05, 0) is 59.3 Å². The lowest BCUT2D eigenvalue weighted by molar-refractivity contribution is 0.0693. The molecule has 0 aromatic heterocycles. The summed E-state index contributed by atoms with van der Waals surface area (Å²) in [5, 5.41) is 0. The van der Waals surface area contributed by atoms with Gasteiger partial charge in [0.1, 0.15) is 5.75 Å². The van der Waals surface area contributed by atoms with Crippen LogP contribution in [0.5, 0.6) is 5.75 Å². The van der Waals surface area contributed by atoms with Gasteiger partial charge in [-0.15, -0.1) is 0 Å². The number of carbonyl (C=O) groups excluding carboxylic acids is 1. The van der Waals surface area contributed by atoms with Crippen LogP contribution in [0.15, 0.2) is 16.6 Å². The summed E-state index contributed by atoms with van der Waals surface area (Å²) in [6.07, 6.45) is 2.17. The molecule has 0 aliphatic carbocycles. The van der Waals surface area contributed by atoms with Crippen LogP contribution in [0.3, 0.4) is 0 Å². The van der Waals surface area contributed by atoms with Gasteiger partial charge in [0, 0.05) is 13.1 Å². The highest BCUT2D eigenvalue weighted by Gasteiger charge is 2.24. The first-order chi connectivity index (χ1) is 9.02. The Bertz CT molecular complexity index is 479. The Morgan fingerprint density at radius 3 is 2.58 bits per heavy atom. The van der Waals surface area contributed by atoms with Crippen LogP contribution in [0.25, 0.3) is 0 Å². The molecule has 0 unspecified atom stereocenters. The van der Waals surface area contributed by atoms with Crippen LogP contribution in [0, 0.1) is 12.8 Å². The van der Waals surface area contributed by atoms with Crippen LogP contribution in [-0.2, 0) is 0 Å². The molecule has 1 heterocycles. The molecule has 3 nitrogen and oxygen atoms in total. The number of likely N-dealkylation sites (tertiary alicyclic amines) is 1. The third-order valence-electron chi connectivity index (χ3n) is 3.69. The van der Waals surface area contributed by atoms with Crippen molar-refractivity contribution in [2.24, 2.45) is 5.92 Å². The second kappa shape index (κ2) is 5.95. The predicted octanol–water partition coefficient (Wildman–Crippen LogP) is 3.64. The highest BCUT2D eigenvalue weighted by molar-refractivity contribution is 9.10. The van der Waals surface area contributed by atoms with Crippen molar-refractivity contribution in [2.45, 2.75) is 26.7 Å². The van der Waals surface area contributed by atoms with Crippen molar-refractivity contribution in [3.05, 3.63) is 27.7 Å². The second-order valence-electron chi connectivity index (χ2n) is 5.30. The number of rotatable bonds is 2. The van der Waals surface area contributed by atoms with E-state index in [1.807, 2.05) is 24.0 Å². The van der Waals surface area contributed by atoms with E-state index in [2.05, 4.69) is 22.9 Å². The molecule has 0 bridgehead atoms. The summed E-state index contributed by atoms with van der Waals surface area (Å²) >= 11 is 3.46. The van der Waals surface area contributed by atoms with Crippen LogP contribution in [0.1, 0.15) is 35.7 Å². The highest BCUT2D eigenvalue weighted by atomic mass is 79.9. The zero-order valence-corrected chi connectivity index (χ0v) is 13.3. The summed E-state index contributed by atoms with van der Waals surface area (Å²) in [5.74, 6) is 1.43. The molecule has 0 spiro atoms. The summed E-state index contributed by atoms with van der Waals surface area (Å²) in [4.78, 5) is 14.5. The van der Waals surface area contributed by atoms with Crippen LogP contribution in [0.2, 0.25) is 0 Å². The zero-order chi connectivity index (χ0) is 14.0. The standard InChI is InChI=1S/C15H20BrNO2/c1-10-4-6-17(7-5-10)15(18)12-8-11(2)9-13(16)14(12)19-3/h8-10H,4-7H2,1-3H3. The average molecular weight is 326 g/mol. The molecule has 1 saturated heterocycles. The third kappa shape index (κ3) is 3.11. The van der Waals surface area contributed by atoms with Gasteiger partial charge in [-0.2, -0.15) is 0 Å². The molecule has 1 aliphatic rings. The fourth-order valence-electron chi connectivity index (χ4n) is 2.48. The fraction of sp³-hybridized carbons (Fsp3) is 0.533. The van der Waals surface area contributed by atoms with Crippen LogP contribution in [-0.4, -0.2) is 31.0 Å². The Balaban J connectivity index is 2.28. The molecular weight excluding hydrogens is 306 g/mol. The smallest absolute Gasteiger partial charge is 0.257 e. The summed E-state index contributed by atoms with van der Waals surface area (Å²) < 4.78 is 6.21. The summed E-state index contributed by atoms with van der Waals surface area (Å²) in [6.45, 7) is 5.91. The lowest BCUT2D eigenvalue weighted by Crippen LogP contribution is -2.38. The van der Waals surface area contributed by atoms with Gasteiger partial charge in [0.05, 0.1) is 17.1 Å². The summed E-state index contributed by atoms with van der Waals surface area (Å²) in [5.41, 5.74) is 1.71.